The molecule has 1 aromatic carbocycles. The normalized spacial score (nSPS) is 11.0. The second-order valence-corrected chi connectivity index (χ2v) is 5.07. The molecule has 0 bridgehead atoms. The molecule has 0 aliphatic rings. The number of likely N-dealkylation sites (N-methyl/N-ethyl adjacent to an activating group) is 1. The third-order valence-electron chi connectivity index (χ3n) is 4.15. The van der Waals surface area contributed by atoms with Gasteiger partial charge in [-0.15, -0.1) is 0 Å². The van der Waals surface area contributed by atoms with Crippen molar-refractivity contribution in [2.75, 3.05) is 26.8 Å². The van der Waals surface area contributed by atoms with Gasteiger partial charge in [0, 0.05) is 6.54 Å². The Morgan fingerprint density at radius 1 is 0.778 bits per heavy atom. The lowest BCUT2D eigenvalue weighted by Gasteiger charge is -2.18. The third kappa shape index (κ3) is 3.33. The maximum atomic E-state index is 5.64. The molecule has 1 aromatic rings. The van der Waals surface area contributed by atoms with Crippen molar-refractivity contribution in [2.45, 2.75) is 41.0 Å². The largest absolute Gasteiger partial charge is 0.380 e. The van der Waals surface area contributed by atoms with Crippen molar-refractivity contribution in [1.82, 2.24) is 5.32 Å². The van der Waals surface area contributed by atoms with Gasteiger partial charge < -0.3 is 10.1 Å². The fourth-order valence-electron chi connectivity index (χ4n) is 2.40. The van der Waals surface area contributed by atoms with Crippen LogP contribution in [0, 0.1) is 34.6 Å². The van der Waals surface area contributed by atoms with E-state index in [1.165, 1.54) is 33.4 Å². The van der Waals surface area contributed by atoms with E-state index >= 15 is 0 Å². The average Bonchev–Trinajstić information content (AvgIpc) is 2.37. The number of benzene rings is 1. The molecule has 0 fully saturated rings. The Bertz CT molecular complexity index is 381. The van der Waals surface area contributed by atoms with E-state index < -0.39 is 0 Å². The highest BCUT2D eigenvalue weighted by atomic mass is 16.5. The van der Waals surface area contributed by atoms with E-state index in [0.29, 0.717) is 0 Å². The van der Waals surface area contributed by atoms with Crippen molar-refractivity contribution in [2.24, 2.45) is 0 Å². The minimum atomic E-state index is 0.790. The molecule has 18 heavy (non-hydrogen) atoms. The number of ether oxygens (including phenoxy) is 1. The zero-order valence-corrected chi connectivity index (χ0v) is 12.7. The van der Waals surface area contributed by atoms with Crippen LogP contribution in [0.3, 0.4) is 0 Å². The lowest BCUT2D eigenvalue weighted by molar-refractivity contribution is 0.140. The Morgan fingerprint density at radius 2 is 1.28 bits per heavy atom. The summed E-state index contributed by atoms with van der Waals surface area (Å²) < 4.78 is 5.64. The summed E-state index contributed by atoms with van der Waals surface area (Å²) in [4.78, 5) is 0. The molecule has 1 N–H and O–H groups in total. The van der Waals surface area contributed by atoms with Crippen molar-refractivity contribution >= 4 is 0 Å². The standard InChI is InChI=1S/C16H27NO/c1-11-12(2)14(4)16(15(5)13(11)3)7-9-18-10-8-17-6/h17H,7-10H2,1-6H3. The van der Waals surface area contributed by atoms with Crippen molar-refractivity contribution in [3.05, 3.63) is 33.4 Å². The van der Waals surface area contributed by atoms with Gasteiger partial charge >= 0.3 is 0 Å². The SMILES string of the molecule is CNCCOCCc1c(C)c(C)c(C)c(C)c1C. The molecule has 0 atom stereocenters. The molecule has 0 spiro atoms. The van der Waals surface area contributed by atoms with Crippen molar-refractivity contribution in [3.8, 4) is 0 Å². The van der Waals surface area contributed by atoms with E-state index in [0.717, 1.165) is 26.2 Å². The quantitative estimate of drug-likeness (QED) is 0.783. The summed E-state index contributed by atoms with van der Waals surface area (Å²) in [6, 6.07) is 0. The Hall–Kier alpha value is -0.860. The summed E-state index contributed by atoms with van der Waals surface area (Å²) in [5, 5.41) is 3.09. The molecule has 1 rings (SSSR count). The van der Waals surface area contributed by atoms with Crippen LogP contribution in [0.1, 0.15) is 33.4 Å². The maximum absolute atomic E-state index is 5.64. The molecule has 0 saturated heterocycles. The highest BCUT2D eigenvalue weighted by Crippen LogP contribution is 2.26. The van der Waals surface area contributed by atoms with E-state index in [-0.39, 0.29) is 0 Å². The molecule has 102 valence electrons. The first kappa shape index (κ1) is 15.2. The van der Waals surface area contributed by atoms with Crippen LogP contribution in [0.5, 0.6) is 0 Å². The van der Waals surface area contributed by atoms with Crippen molar-refractivity contribution < 1.29 is 4.74 Å². The first-order valence-electron chi connectivity index (χ1n) is 6.78. The molecule has 0 aliphatic carbocycles. The van der Waals surface area contributed by atoms with Crippen LogP contribution in [0.4, 0.5) is 0 Å². The molecule has 0 aliphatic heterocycles. The molecule has 0 amide bonds. The molecule has 0 heterocycles. The number of nitrogens with one attached hydrogen (secondary N) is 1. The predicted molar refractivity (Wildman–Crippen MR) is 78.6 cm³/mol. The van der Waals surface area contributed by atoms with E-state index in [9.17, 15) is 0 Å². The maximum Gasteiger partial charge on any atom is 0.0590 e. The van der Waals surface area contributed by atoms with Crippen LogP contribution in [0.2, 0.25) is 0 Å². The van der Waals surface area contributed by atoms with Crippen molar-refractivity contribution in [3.63, 3.8) is 0 Å². The van der Waals surface area contributed by atoms with E-state index in [2.05, 4.69) is 39.9 Å². The van der Waals surface area contributed by atoms with Gasteiger partial charge in [-0.05, 0) is 81.5 Å². The van der Waals surface area contributed by atoms with Crippen LogP contribution in [0.25, 0.3) is 0 Å². The van der Waals surface area contributed by atoms with Crippen molar-refractivity contribution in [1.29, 1.82) is 0 Å². The van der Waals surface area contributed by atoms with E-state index in [4.69, 9.17) is 4.74 Å². The predicted octanol–water partition coefficient (Wildman–Crippen LogP) is 3.01. The number of rotatable bonds is 6. The molecule has 0 unspecified atom stereocenters. The monoisotopic (exact) mass is 249 g/mol. The molecule has 0 radical (unpaired) electrons. The van der Waals surface area contributed by atoms with E-state index in [1.807, 2.05) is 7.05 Å². The summed E-state index contributed by atoms with van der Waals surface area (Å²) in [6.07, 6.45) is 1.02. The molecular weight excluding hydrogens is 222 g/mol. The van der Waals surface area contributed by atoms with Gasteiger partial charge in [0.1, 0.15) is 0 Å². The van der Waals surface area contributed by atoms with Gasteiger partial charge in [0.2, 0.25) is 0 Å². The molecule has 2 heteroatoms. The molecule has 0 aromatic heterocycles. The third-order valence-corrected chi connectivity index (χ3v) is 4.15. The van der Waals surface area contributed by atoms with Crippen LogP contribution < -0.4 is 5.32 Å². The fourth-order valence-corrected chi connectivity index (χ4v) is 2.40. The Kier molecular flexibility index (Phi) is 5.83. The highest BCUT2D eigenvalue weighted by molar-refractivity contribution is 5.49. The smallest absolute Gasteiger partial charge is 0.0590 e. The topological polar surface area (TPSA) is 21.3 Å². The minimum Gasteiger partial charge on any atom is -0.380 e. The van der Waals surface area contributed by atoms with Crippen LogP contribution in [-0.2, 0) is 11.2 Å². The molecule has 2 nitrogen and oxygen atoms in total. The van der Waals surface area contributed by atoms with Gasteiger partial charge in [0.15, 0.2) is 0 Å². The summed E-state index contributed by atoms with van der Waals surface area (Å²) in [7, 11) is 1.95. The lowest BCUT2D eigenvalue weighted by Crippen LogP contribution is -2.15. The minimum absolute atomic E-state index is 0.790. The average molecular weight is 249 g/mol. The Balaban J connectivity index is 2.77. The summed E-state index contributed by atoms with van der Waals surface area (Å²) in [5.41, 5.74) is 8.65. The number of hydrogen-bond donors (Lipinski definition) is 1. The Morgan fingerprint density at radius 3 is 1.78 bits per heavy atom. The second-order valence-electron chi connectivity index (χ2n) is 5.07. The Labute approximate surface area is 112 Å². The second kappa shape index (κ2) is 6.91. The van der Waals surface area contributed by atoms with Crippen LogP contribution >= 0.6 is 0 Å². The zero-order valence-electron chi connectivity index (χ0n) is 12.7. The fraction of sp³-hybridized carbons (Fsp3) is 0.625. The summed E-state index contributed by atoms with van der Waals surface area (Å²) >= 11 is 0. The van der Waals surface area contributed by atoms with Gasteiger partial charge in [-0.25, -0.2) is 0 Å². The molecule has 0 saturated carbocycles. The first-order chi connectivity index (χ1) is 8.50. The van der Waals surface area contributed by atoms with Gasteiger partial charge in [0.25, 0.3) is 0 Å². The summed E-state index contributed by atoms with van der Waals surface area (Å²) in [6.45, 7) is 13.7. The lowest BCUT2D eigenvalue weighted by atomic mass is 9.88. The summed E-state index contributed by atoms with van der Waals surface area (Å²) in [5.74, 6) is 0. The van der Waals surface area contributed by atoms with Gasteiger partial charge in [0.05, 0.1) is 13.2 Å². The van der Waals surface area contributed by atoms with Gasteiger partial charge in [-0.2, -0.15) is 0 Å². The van der Waals surface area contributed by atoms with E-state index in [1.54, 1.807) is 0 Å². The van der Waals surface area contributed by atoms with Gasteiger partial charge in [-0.3, -0.25) is 0 Å². The highest BCUT2D eigenvalue weighted by Gasteiger charge is 2.11. The molecular formula is C16H27NO. The number of hydrogen-bond acceptors (Lipinski definition) is 2. The van der Waals surface area contributed by atoms with Crippen LogP contribution in [-0.4, -0.2) is 26.8 Å². The van der Waals surface area contributed by atoms with Gasteiger partial charge in [-0.1, -0.05) is 0 Å². The zero-order chi connectivity index (χ0) is 13.7. The van der Waals surface area contributed by atoms with Crippen LogP contribution in [0.15, 0.2) is 0 Å². The first-order valence-corrected chi connectivity index (χ1v) is 6.78.